The SMILES string of the molecule is Cc1cc(C)n(CC(C)CNC(=O)c2ccc(Cl)cc2N2CCCC2=O)n1. The second-order valence-corrected chi connectivity index (χ2v) is 7.67. The van der Waals surface area contributed by atoms with Gasteiger partial charge in [-0.2, -0.15) is 5.10 Å². The van der Waals surface area contributed by atoms with Gasteiger partial charge in [-0.05, 0) is 50.5 Å². The maximum Gasteiger partial charge on any atom is 0.253 e. The van der Waals surface area contributed by atoms with Crippen LogP contribution >= 0.6 is 11.6 Å². The average molecular weight is 389 g/mol. The number of aromatic nitrogens is 2. The summed E-state index contributed by atoms with van der Waals surface area (Å²) < 4.78 is 1.96. The molecular weight excluding hydrogens is 364 g/mol. The van der Waals surface area contributed by atoms with Gasteiger partial charge in [0.05, 0.1) is 16.9 Å². The van der Waals surface area contributed by atoms with Crippen LogP contribution in [0.2, 0.25) is 5.02 Å². The topological polar surface area (TPSA) is 67.2 Å². The Morgan fingerprint density at radius 2 is 2.11 bits per heavy atom. The van der Waals surface area contributed by atoms with Gasteiger partial charge in [-0.25, -0.2) is 0 Å². The van der Waals surface area contributed by atoms with Gasteiger partial charge >= 0.3 is 0 Å². The average Bonchev–Trinajstić information content (AvgIpc) is 3.17. The Bertz CT molecular complexity index is 862. The molecule has 2 amide bonds. The predicted molar refractivity (Wildman–Crippen MR) is 106 cm³/mol. The van der Waals surface area contributed by atoms with Crippen molar-refractivity contribution < 1.29 is 9.59 Å². The number of nitrogens with zero attached hydrogens (tertiary/aromatic N) is 3. The first-order chi connectivity index (χ1) is 12.8. The summed E-state index contributed by atoms with van der Waals surface area (Å²) in [5, 5.41) is 7.96. The molecule has 1 atom stereocenters. The van der Waals surface area contributed by atoms with E-state index in [2.05, 4.69) is 17.3 Å². The van der Waals surface area contributed by atoms with Crippen molar-refractivity contribution >= 4 is 29.1 Å². The highest BCUT2D eigenvalue weighted by molar-refractivity contribution is 6.31. The zero-order valence-electron chi connectivity index (χ0n) is 16.0. The van der Waals surface area contributed by atoms with Crippen LogP contribution in [0.3, 0.4) is 0 Å². The van der Waals surface area contributed by atoms with Crippen molar-refractivity contribution in [2.75, 3.05) is 18.0 Å². The number of anilines is 1. The molecule has 27 heavy (non-hydrogen) atoms. The van der Waals surface area contributed by atoms with Crippen molar-refractivity contribution in [2.45, 2.75) is 40.2 Å². The third-order valence-electron chi connectivity index (χ3n) is 4.77. The molecule has 144 valence electrons. The molecule has 0 saturated carbocycles. The molecule has 0 radical (unpaired) electrons. The molecule has 1 saturated heterocycles. The fraction of sp³-hybridized carbons (Fsp3) is 0.450. The molecule has 0 spiro atoms. The third kappa shape index (κ3) is 4.50. The Morgan fingerprint density at radius 1 is 1.33 bits per heavy atom. The van der Waals surface area contributed by atoms with Gasteiger partial charge in [-0.1, -0.05) is 18.5 Å². The van der Waals surface area contributed by atoms with E-state index in [9.17, 15) is 9.59 Å². The van der Waals surface area contributed by atoms with E-state index < -0.39 is 0 Å². The van der Waals surface area contributed by atoms with E-state index in [1.165, 1.54) is 0 Å². The monoisotopic (exact) mass is 388 g/mol. The Balaban J connectivity index is 1.67. The Morgan fingerprint density at radius 3 is 2.74 bits per heavy atom. The van der Waals surface area contributed by atoms with Crippen LogP contribution in [-0.4, -0.2) is 34.7 Å². The van der Waals surface area contributed by atoms with Gasteiger partial charge in [0.25, 0.3) is 5.91 Å². The second kappa shape index (κ2) is 8.13. The number of benzene rings is 1. The Hall–Kier alpha value is -2.34. The first-order valence-electron chi connectivity index (χ1n) is 9.24. The van der Waals surface area contributed by atoms with Crippen molar-refractivity contribution in [1.29, 1.82) is 0 Å². The zero-order chi connectivity index (χ0) is 19.6. The van der Waals surface area contributed by atoms with Crippen LogP contribution in [0, 0.1) is 19.8 Å². The van der Waals surface area contributed by atoms with E-state index in [1.54, 1.807) is 23.1 Å². The molecule has 1 fully saturated rings. The molecular formula is C20H25ClN4O2. The molecule has 1 aromatic heterocycles. The summed E-state index contributed by atoms with van der Waals surface area (Å²) in [6.07, 6.45) is 1.30. The van der Waals surface area contributed by atoms with Crippen LogP contribution in [0.15, 0.2) is 24.3 Å². The molecule has 1 N–H and O–H groups in total. The smallest absolute Gasteiger partial charge is 0.253 e. The molecule has 1 aromatic carbocycles. The van der Waals surface area contributed by atoms with E-state index in [1.807, 2.05) is 24.6 Å². The minimum Gasteiger partial charge on any atom is -0.352 e. The number of halogens is 1. The van der Waals surface area contributed by atoms with Crippen molar-refractivity contribution in [3.8, 4) is 0 Å². The summed E-state index contributed by atoms with van der Waals surface area (Å²) >= 11 is 6.10. The molecule has 0 bridgehead atoms. The van der Waals surface area contributed by atoms with Gasteiger partial charge in [-0.3, -0.25) is 14.3 Å². The first kappa shape index (κ1) is 19.4. The summed E-state index contributed by atoms with van der Waals surface area (Å²) in [6.45, 7) is 7.94. The van der Waals surface area contributed by atoms with E-state index >= 15 is 0 Å². The van der Waals surface area contributed by atoms with E-state index in [0.717, 1.165) is 24.4 Å². The van der Waals surface area contributed by atoms with Crippen LogP contribution < -0.4 is 10.2 Å². The number of hydrogen-bond donors (Lipinski definition) is 1. The van der Waals surface area contributed by atoms with Crippen LogP contribution in [0.1, 0.15) is 41.5 Å². The van der Waals surface area contributed by atoms with E-state index in [-0.39, 0.29) is 17.7 Å². The lowest BCUT2D eigenvalue weighted by Gasteiger charge is -2.20. The van der Waals surface area contributed by atoms with Crippen LogP contribution in [0.25, 0.3) is 0 Å². The van der Waals surface area contributed by atoms with Gasteiger partial charge in [0, 0.05) is 36.8 Å². The molecule has 6 nitrogen and oxygen atoms in total. The molecule has 0 aliphatic carbocycles. The highest BCUT2D eigenvalue weighted by atomic mass is 35.5. The lowest BCUT2D eigenvalue weighted by molar-refractivity contribution is -0.117. The zero-order valence-corrected chi connectivity index (χ0v) is 16.7. The van der Waals surface area contributed by atoms with Crippen molar-refractivity contribution in [3.63, 3.8) is 0 Å². The number of carbonyl (C=O) groups is 2. The first-order valence-corrected chi connectivity index (χ1v) is 9.62. The molecule has 1 unspecified atom stereocenters. The number of nitrogens with one attached hydrogen (secondary N) is 1. The van der Waals surface area contributed by atoms with Crippen molar-refractivity contribution in [1.82, 2.24) is 15.1 Å². The lowest BCUT2D eigenvalue weighted by atomic mass is 10.1. The maximum atomic E-state index is 12.8. The molecule has 3 rings (SSSR count). The van der Waals surface area contributed by atoms with Gasteiger partial charge < -0.3 is 10.2 Å². The largest absolute Gasteiger partial charge is 0.352 e. The highest BCUT2D eigenvalue weighted by Crippen LogP contribution is 2.28. The maximum absolute atomic E-state index is 12.8. The quantitative estimate of drug-likeness (QED) is 0.825. The normalized spacial score (nSPS) is 15.3. The van der Waals surface area contributed by atoms with E-state index in [0.29, 0.717) is 35.8 Å². The number of amides is 2. The minimum atomic E-state index is -0.193. The van der Waals surface area contributed by atoms with Crippen LogP contribution in [-0.2, 0) is 11.3 Å². The predicted octanol–water partition coefficient (Wildman–Crippen LogP) is 3.35. The molecule has 2 heterocycles. The van der Waals surface area contributed by atoms with Crippen molar-refractivity contribution in [2.24, 2.45) is 5.92 Å². The number of aryl methyl sites for hydroxylation is 2. The third-order valence-corrected chi connectivity index (χ3v) is 5.00. The lowest BCUT2D eigenvalue weighted by Crippen LogP contribution is -2.33. The van der Waals surface area contributed by atoms with Gasteiger partial charge in [0.2, 0.25) is 5.91 Å². The van der Waals surface area contributed by atoms with Crippen LogP contribution in [0.5, 0.6) is 0 Å². The summed E-state index contributed by atoms with van der Waals surface area (Å²) in [7, 11) is 0. The number of hydrogen-bond acceptors (Lipinski definition) is 3. The second-order valence-electron chi connectivity index (χ2n) is 7.23. The van der Waals surface area contributed by atoms with Gasteiger partial charge in [0.1, 0.15) is 0 Å². The summed E-state index contributed by atoms with van der Waals surface area (Å²) in [4.78, 5) is 26.5. The molecule has 7 heteroatoms. The molecule has 1 aliphatic heterocycles. The Kier molecular flexibility index (Phi) is 5.85. The summed E-state index contributed by atoms with van der Waals surface area (Å²) in [6, 6.07) is 7.10. The van der Waals surface area contributed by atoms with E-state index in [4.69, 9.17) is 11.6 Å². The molecule has 1 aliphatic rings. The molecule has 2 aromatic rings. The summed E-state index contributed by atoms with van der Waals surface area (Å²) in [5.41, 5.74) is 3.17. The van der Waals surface area contributed by atoms with Gasteiger partial charge in [-0.15, -0.1) is 0 Å². The fourth-order valence-electron chi connectivity index (χ4n) is 3.40. The van der Waals surface area contributed by atoms with Crippen molar-refractivity contribution in [3.05, 3.63) is 46.2 Å². The number of rotatable bonds is 6. The van der Waals surface area contributed by atoms with Gasteiger partial charge in [0.15, 0.2) is 0 Å². The minimum absolute atomic E-state index is 0.0317. The number of carbonyl (C=O) groups excluding carboxylic acids is 2. The standard InChI is InChI=1S/C20H25ClN4O2/c1-13(12-25-15(3)9-14(2)23-25)11-22-20(27)17-7-6-16(21)10-18(17)24-8-4-5-19(24)26/h6-7,9-10,13H,4-5,8,11-12H2,1-3H3,(H,22,27). The highest BCUT2D eigenvalue weighted by Gasteiger charge is 2.26. The fourth-order valence-corrected chi connectivity index (χ4v) is 3.57. The Labute approximate surface area is 164 Å². The summed E-state index contributed by atoms with van der Waals surface area (Å²) in [5.74, 6) is 0.0573. The van der Waals surface area contributed by atoms with Crippen LogP contribution in [0.4, 0.5) is 5.69 Å².